The first-order chi connectivity index (χ1) is 25.7. The Kier molecular flexibility index (Phi) is 6.99. The van der Waals surface area contributed by atoms with Crippen molar-refractivity contribution in [1.29, 1.82) is 0 Å². The van der Waals surface area contributed by atoms with Crippen molar-refractivity contribution in [3.05, 3.63) is 170 Å². The normalized spacial score (nSPS) is 11.5. The maximum atomic E-state index is 6.09. The molecule has 6 aromatic carbocycles. The van der Waals surface area contributed by atoms with E-state index >= 15 is 0 Å². The average molecular weight is 669 g/mol. The fourth-order valence-electron chi connectivity index (χ4n) is 6.89. The van der Waals surface area contributed by atoms with Crippen molar-refractivity contribution < 1.29 is 4.42 Å². The molecule has 0 N–H and O–H groups in total. The Morgan fingerprint density at radius 1 is 0.385 bits per heavy atom. The van der Waals surface area contributed by atoms with Crippen LogP contribution in [0.3, 0.4) is 0 Å². The molecule has 0 amide bonds. The molecule has 0 aliphatic rings. The third-order valence-corrected chi connectivity index (χ3v) is 9.52. The number of anilines is 3. The van der Waals surface area contributed by atoms with Gasteiger partial charge in [0, 0.05) is 58.2 Å². The SMILES string of the molecule is c1ccc2c(c1)oc1nc(-c3ccc(N(c4ccc(-c5ccc6nccnc6c5)cc4)c4ccc(-c5ccc6nccnc6c5)cc4)cc3)ccc12. The number of fused-ring (bicyclic) bond motifs is 5. The van der Waals surface area contributed by atoms with Crippen molar-refractivity contribution in [2.75, 3.05) is 4.90 Å². The Bertz CT molecular complexity index is 2780. The minimum atomic E-state index is 0.640. The zero-order chi connectivity index (χ0) is 34.4. The lowest BCUT2D eigenvalue weighted by atomic mass is 10.0. The molecule has 0 fully saturated rings. The Morgan fingerprint density at radius 3 is 1.42 bits per heavy atom. The van der Waals surface area contributed by atoms with Crippen LogP contribution < -0.4 is 4.90 Å². The number of benzene rings is 6. The summed E-state index contributed by atoms with van der Waals surface area (Å²) in [4.78, 5) is 25.0. The molecular weight excluding hydrogens is 641 g/mol. The molecule has 10 aromatic rings. The second-order valence-electron chi connectivity index (χ2n) is 12.6. The van der Waals surface area contributed by atoms with Crippen LogP contribution in [0.2, 0.25) is 0 Å². The van der Waals surface area contributed by atoms with E-state index in [1.54, 1.807) is 24.8 Å². The molecule has 4 aromatic heterocycles. The summed E-state index contributed by atoms with van der Waals surface area (Å²) >= 11 is 0. The molecule has 0 atom stereocenters. The molecule has 52 heavy (non-hydrogen) atoms. The molecule has 0 bridgehead atoms. The molecule has 0 spiro atoms. The largest absolute Gasteiger partial charge is 0.438 e. The standard InChI is InChI=1S/C45H28N6O/c1-2-4-44-37(3-1)38-19-22-39(50-45(38)52-44)31-9-17-36(18-10-31)51(34-13-5-29(6-14-34)32-11-20-40-42(27-32)48-25-23-46-40)35-15-7-30(8-16-35)33-12-21-41-43(28-33)49-26-24-47-41/h1-28H. The summed E-state index contributed by atoms with van der Waals surface area (Å²) in [6.07, 6.45) is 6.89. The summed E-state index contributed by atoms with van der Waals surface area (Å²) in [5, 5.41) is 2.09. The number of aromatic nitrogens is 5. The first-order valence-electron chi connectivity index (χ1n) is 17.0. The predicted octanol–water partition coefficient (Wildman–Crippen LogP) is 11.3. The number of rotatable bonds is 6. The summed E-state index contributed by atoms with van der Waals surface area (Å²) < 4.78 is 6.09. The Hall–Kier alpha value is -7.25. The van der Waals surface area contributed by atoms with Crippen LogP contribution in [0.4, 0.5) is 17.1 Å². The molecule has 0 aliphatic heterocycles. The number of nitrogens with zero attached hydrogens (tertiary/aromatic N) is 6. The van der Waals surface area contributed by atoms with Crippen LogP contribution in [0, 0.1) is 0 Å². The van der Waals surface area contributed by atoms with Crippen molar-refractivity contribution in [1.82, 2.24) is 24.9 Å². The lowest BCUT2D eigenvalue weighted by Crippen LogP contribution is -2.09. The molecular formula is C45H28N6O. The van der Waals surface area contributed by atoms with E-state index in [-0.39, 0.29) is 0 Å². The molecule has 0 radical (unpaired) electrons. The Labute approximate surface area is 298 Å². The van der Waals surface area contributed by atoms with Crippen LogP contribution in [0.25, 0.3) is 77.6 Å². The van der Waals surface area contributed by atoms with Gasteiger partial charge in [0.05, 0.1) is 27.8 Å². The van der Waals surface area contributed by atoms with E-state index in [1.807, 2.05) is 30.3 Å². The molecule has 4 heterocycles. The molecule has 0 saturated carbocycles. The van der Waals surface area contributed by atoms with Gasteiger partial charge < -0.3 is 9.32 Å². The highest BCUT2D eigenvalue weighted by molar-refractivity contribution is 6.04. The first-order valence-corrected chi connectivity index (χ1v) is 17.0. The van der Waals surface area contributed by atoms with Crippen molar-refractivity contribution in [2.45, 2.75) is 0 Å². The third kappa shape index (κ3) is 5.28. The van der Waals surface area contributed by atoms with Gasteiger partial charge in [-0.25, -0.2) is 4.98 Å². The summed E-state index contributed by atoms with van der Waals surface area (Å²) in [5.74, 6) is 0. The van der Waals surface area contributed by atoms with Crippen LogP contribution in [0.5, 0.6) is 0 Å². The van der Waals surface area contributed by atoms with E-state index < -0.39 is 0 Å². The van der Waals surface area contributed by atoms with Crippen LogP contribution in [0.1, 0.15) is 0 Å². The van der Waals surface area contributed by atoms with Gasteiger partial charge in [-0.2, -0.15) is 0 Å². The van der Waals surface area contributed by atoms with Gasteiger partial charge in [-0.05, 0) is 101 Å². The fraction of sp³-hybridized carbons (Fsp3) is 0. The minimum absolute atomic E-state index is 0.640. The van der Waals surface area contributed by atoms with Crippen LogP contribution in [0.15, 0.2) is 175 Å². The van der Waals surface area contributed by atoms with E-state index in [0.717, 1.165) is 89.0 Å². The van der Waals surface area contributed by atoms with E-state index in [4.69, 9.17) is 9.40 Å². The molecule has 10 rings (SSSR count). The van der Waals surface area contributed by atoms with Gasteiger partial charge in [-0.15, -0.1) is 0 Å². The average Bonchev–Trinajstić information content (AvgIpc) is 3.59. The van der Waals surface area contributed by atoms with E-state index in [0.29, 0.717) is 5.71 Å². The van der Waals surface area contributed by atoms with Crippen molar-refractivity contribution in [2.24, 2.45) is 0 Å². The van der Waals surface area contributed by atoms with Crippen LogP contribution in [-0.4, -0.2) is 24.9 Å². The van der Waals surface area contributed by atoms with Gasteiger partial charge in [0.15, 0.2) is 0 Å². The summed E-state index contributed by atoms with van der Waals surface area (Å²) in [6.45, 7) is 0. The minimum Gasteiger partial charge on any atom is -0.438 e. The van der Waals surface area contributed by atoms with E-state index in [1.165, 1.54) is 0 Å². The molecule has 0 unspecified atom stereocenters. The number of furan rings is 1. The number of hydrogen-bond donors (Lipinski definition) is 0. The second kappa shape index (κ2) is 12.3. The topological polar surface area (TPSA) is 80.8 Å². The molecule has 7 nitrogen and oxygen atoms in total. The van der Waals surface area contributed by atoms with Crippen molar-refractivity contribution in [3.8, 4) is 33.5 Å². The van der Waals surface area contributed by atoms with Gasteiger partial charge in [0.25, 0.3) is 0 Å². The summed E-state index contributed by atoms with van der Waals surface area (Å²) in [6, 6.07) is 50.4. The zero-order valence-corrected chi connectivity index (χ0v) is 27.8. The van der Waals surface area contributed by atoms with Gasteiger partial charge in [-0.3, -0.25) is 19.9 Å². The number of pyridine rings is 1. The van der Waals surface area contributed by atoms with E-state index in [9.17, 15) is 0 Å². The summed E-state index contributed by atoms with van der Waals surface area (Å²) in [7, 11) is 0. The monoisotopic (exact) mass is 668 g/mol. The quantitative estimate of drug-likeness (QED) is 0.174. The van der Waals surface area contributed by atoms with Crippen LogP contribution in [-0.2, 0) is 0 Å². The third-order valence-electron chi connectivity index (χ3n) is 9.52. The Balaban J connectivity index is 1.02. The van der Waals surface area contributed by atoms with Gasteiger partial charge in [0.1, 0.15) is 5.58 Å². The van der Waals surface area contributed by atoms with Gasteiger partial charge in [-0.1, -0.05) is 66.7 Å². The maximum Gasteiger partial charge on any atom is 0.227 e. The summed E-state index contributed by atoms with van der Waals surface area (Å²) in [5.41, 5.74) is 14.3. The first kappa shape index (κ1) is 29.6. The zero-order valence-electron chi connectivity index (χ0n) is 27.8. The van der Waals surface area contributed by atoms with Crippen LogP contribution >= 0.6 is 0 Å². The van der Waals surface area contributed by atoms with Gasteiger partial charge >= 0.3 is 0 Å². The highest BCUT2D eigenvalue weighted by Gasteiger charge is 2.15. The molecule has 0 saturated heterocycles. The second-order valence-corrected chi connectivity index (χ2v) is 12.6. The van der Waals surface area contributed by atoms with E-state index in [2.05, 4.69) is 140 Å². The highest BCUT2D eigenvalue weighted by atomic mass is 16.3. The van der Waals surface area contributed by atoms with Crippen molar-refractivity contribution in [3.63, 3.8) is 0 Å². The number of para-hydroxylation sites is 1. The molecule has 7 heteroatoms. The smallest absolute Gasteiger partial charge is 0.227 e. The predicted molar refractivity (Wildman–Crippen MR) is 209 cm³/mol. The van der Waals surface area contributed by atoms with Gasteiger partial charge in [0.2, 0.25) is 5.71 Å². The van der Waals surface area contributed by atoms with Crippen molar-refractivity contribution >= 4 is 61.2 Å². The lowest BCUT2D eigenvalue weighted by Gasteiger charge is -2.26. The molecule has 244 valence electrons. The maximum absolute atomic E-state index is 6.09. The Morgan fingerprint density at radius 2 is 0.865 bits per heavy atom. The fourth-order valence-corrected chi connectivity index (χ4v) is 6.89. The number of hydrogen-bond acceptors (Lipinski definition) is 7. The molecule has 0 aliphatic carbocycles. The lowest BCUT2D eigenvalue weighted by molar-refractivity contribution is 0.654. The highest BCUT2D eigenvalue weighted by Crippen LogP contribution is 2.38.